The highest BCUT2D eigenvalue weighted by molar-refractivity contribution is 7.17. The first-order valence-electron chi connectivity index (χ1n) is 9.88. The summed E-state index contributed by atoms with van der Waals surface area (Å²) in [6.45, 7) is 7.08. The number of methoxy groups -OCH3 is 2. The van der Waals surface area contributed by atoms with Crippen LogP contribution in [0, 0.1) is 18.3 Å². The number of benzene rings is 1. The zero-order valence-corrected chi connectivity index (χ0v) is 18.6. The van der Waals surface area contributed by atoms with Gasteiger partial charge in [0.2, 0.25) is 0 Å². The van der Waals surface area contributed by atoms with E-state index in [1.54, 1.807) is 14.2 Å². The monoisotopic (exact) mass is 416 g/mol. The molecule has 0 spiro atoms. The van der Waals surface area contributed by atoms with E-state index in [9.17, 15) is 4.79 Å². The fourth-order valence-electron chi connectivity index (χ4n) is 5.06. The minimum absolute atomic E-state index is 0.0314. The van der Waals surface area contributed by atoms with Crippen molar-refractivity contribution in [3.05, 3.63) is 28.8 Å². The van der Waals surface area contributed by atoms with Crippen LogP contribution in [0.25, 0.3) is 10.6 Å². The number of thiazole rings is 1. The molecule has 6 nitrogen and oxygen atoms in total. The van der Waals surface area contributed by atoms with Crippen LogP contribution in [0.1, 0.15) is 35.6 Å². The summed E-state index contributed by atoms with van der Waals surface area (Å²) in [4.78, 5) is 20.6. The van der Waals surface area contributed by atoms with E-state index in [0.29, 0.717) is 22.3 Å². The van der Waals surface area contributed by atoms with Gasteiger partial charge in [-0.2, -0.15) is 0 Å². The molecule has 2 heterocycles. The van der Waals surface area contributed by atoms with Gasteiger partial charge < -0.3 is 19.1 Å². The van der Waals surface area contributed by atoms with E-state index in [2.05, 4.69) is 18.8 Å². The molecule has 0 N–H and O–H groups in total. The Morgan fingerprint density at radius 1 is 1.28 bits per heavy atom. The van der Waals surface area contributed by atoms with E-state index in [-0.39, 0.29) is 23.5 Å². The molecule has 1 aromatic carbocycles. The van der Waals surface area contributed by atoms with Crippen molar-refractivity contribution in [2.45, 2.75) is 39.3 Å². The topological polar surface area (TPSA) is 60.9 Å². The van der Waals surface area contributed by atoms with Crippen LogP contribution in [-0.4, -0.2) is 55.8 Å². The first-order chi connectivity index (χ1) is 13.8. The quantitative estimate of drug-likeness (QED) is 0.737. The summed E-state index contributed by atoms with van der Waals surface area (Å²) in [5.74, 6) is 1.78. The van der Waals surface area contributed by atoms with Gasteiger partial charge >= 0.3 is 0 Å². The van der Waals surface area contributed by atoms with Crippen molar-refractivity contribution in [3.8, 4) is 22.1 Å². The average Bonchev–Trinajstić information content (AvgIpc) is 3.32. The zero-order valence-electron chi connectivity index (χ0n) is 17.8. The molecule has 1 aliphatic heterocycles. The van der Waals surface area contributed by atoms with Crippen molar-refractivity contribution in [1.29, 1.82) is 0 Å². The SMILES string of the molecule is COc1ccc(-c2nc(C)c(C(=O)N(C)[C@@H]3[C@@H]4CCO[C@H]4C3(C)C)s2)cc1OC. The minimum atomic E-state index is -0.0314. The van der Waals surface area contributed by atoms with E-state index in [0.717, 1.165) is 29.3 Å². The summed E-state index contributed by atoms with van der Waals surface area (Å²) in [7, 11) is 5.14. The van der Waals surface area contributed by atoms with Gasteiger partial charge in [0, 0.05) is 36.6 Å². The number of ether oxygens (including phenoxy) is 3. The van der Waals surface area contributed by atoms with E-state index in [4.69, 9.17) is 14.2 Å². The molecule has 2 aromatic rings. The number of carbonyl (C=O) groups is 1. The van der Waals surface area contributed by atoms with Crippen molar-refractivity contribution in [2.75, 3.05) is 27.9 Å². The van der Waals surface area contributed by atoms with Crippen LogP contribution in [-0.2, 0) is 4.74 Å². The predicted molar refractivity (Wildman–Crippen MR) is 113 cm³/mol. The zero-order chi connectivity index (χ0) is 20.9. The molecule has 0 bridgehead atoms. The second-order valence-corrected chi connectivity index (χ2v) is 9.43. The van der Waals surface area contributed by atoms with Gasteiger partial charge in [0.15, 0.2) is 11.5 Å². The lowest BCUT2D eigenvalue weighted by molar-refractivity contribution is -0.139. The lowest BCUT2D eigenvalue weighted by Crippen LogP contribution is -2.66. The molecule has 4 rings (SSSR count). The molecule has 156 valence electrons. The highest BCUT2D eigenvalue weighted by Crippen LogP contribution is 2.54. The fourth-order valence-corrected chi connectivity index (χ4v) is 6.10. The Hall–Kier alpha value is -2.12. The summed E-state index contributed by atoms with van der Waals surface area (Å²) in [6.07, 6.45) is 1.28. The predicted octanol–water partition coefficient (Wildman–Crippen LogP) is 4.02. The van der Waals surface area contributed by atoms with Gasteiger partial charge in [-0.05, 0) is 31.5 Å². The van der Waals surface area contributed by atoms with Crippen molar-refractivity contribution in [1.82, 2.24) is 9.88 Å². The van der Waals surface area contributed by atoms with Gasteiger partial charge in [-0.25, -0.2) is 4.98 Å². The van der Waals surface area contributed by atoms with Crippen LogP contribution < -0.4 is 9.47 Å². The Bertz CT molecular complexity index is 939. The lowest BCUT2D eigenvalue weighted by atomic mass is 9.57. The molecular formula is C22H28N2O4S. The Morgan fingerprint density at radius 2 is 2.00 bits per heavy atom. The molecule has 1 saturated carbocycles. The smallest absolute Gasteiger partial charge is 0.265 e. The number of nitrogens with zero attached hydrogens (tertiary/aromatic N) is 2. The van der Waals surface area contributed by atoms with Crippen molar-refractivity contribution in [2.24, 2.45) is 11.3 Å². The molecule has 3 atom stereocenters. The maximum absolute atomic E-state index is 13.4. The maximum Gasteiger partial charge on any atom is 0.265 e. The van der Waals surface area contributed by atoms with E-state index < -0.39 is 0 Å². The summed E-state index contributed by atoms with van der Waals surface area (Å²) in [6, 6.07) is 5.88. The van der Waals surface area contributed by atoms with Gasteiger partial charge in [-0.3, -0.25) is 4.79 Å². The van der Waals surface area contributed by atoms with Gasteiger partial charge in [0.1, 0.15) is 9.88 Å². The van der Waals surface area contributed by atoms with Crippen LogP contribution in [0.15, 0.2) is 18.2 Å². The third kappa shape index (κ3) is 3.11. The van der Waals surface area contributed by atoms with E-state index >= 15 is 0 Å². The molecule has 29 heavy (non-hydrogen) atoms. The number of fused-ring (bicyclic) bond motifs is 1. The summed E-state index contributed by atoms with van der Waals surface area (Å²) in [5.41, 5.74) is 1.63. The summed E-state index contributed by atoms with van der Waals surface area (Å²) < 4.78 is 16.6. The Labute approximate surface area is 175 Å². The van der Waals surface area contributed by atoms with E-state index in [1.807, 2.05) is 37.1 Å². The molecule has 1 aromatic heterocycles. The number of amides is 1. The normalized spacial score (nSPS) is 24.6. The largest absolute Gasteiger partial charge is 0.493 e. The number of hydrogen-bond donors (Lipinski definition) is 0. The van der Waals surface area contributed by atoms with Gasteiger partial charge in [-0.15, -0.1) is 11.3 Å². The molecule has 0 radical (unpaired) electrons. The Kier molecular flexibility index (Phi) is 5.07. The van der Waals surface area contributed by atoms with Crippen LogP contribution in [0.4, 0.5) is 0 Å². The van der Waals surface area contributed by atoms with Gasteiger partial charge in [-0.1, -0.05) is 13.8 Å². The molecule has 0 unspecified atom stereocenters. The number of aryl methyl sites for hydroxylation is 1. The van der Waals surface area contributed by atoms with E-state index in [1.165, 1.54) is 11.3 Å². The molecule has 1 saturated heterocycles. The third-order valence-corrected chi connectivity index (χ3v) is 7.59. The molecule has 2 fully saturated rings. The number of carbonyl (C=O) groups excluding carboxylic acids is 1. The van der Waals surface area contributed by atoms with Crippen LogP contribution in [0.3, 0.4) is 0 Å². The van der Waals surface area contributed by atoms with Crippen molar-refractivity contribution in [3.63, 3.8) is 0 Å². The summed E-state index contributed by atoms with van der Waals surface area (Å²) >= 11 is 1.43. The average molecular weight is 417 g/mol. The fraction of sp³-hybridized carbons (Fsp3) is 0.545. The van der Waals surface area contributed by atoms with Crippen molar-refractivity contribution < 1.29 is 19.0 Å². The van der Waals surface area contributed by atoms with Crippen LogP contribution in [0.2, 0.25) is 0 Å². The van der Waals surface area contributed by atoms with Crippen LogP contribution in [0.5, 0.6) is 11.5 Å². The first-order valence-corrected chi connectivity index (χ1v) is 10.7. The lowest BCUT2D eigenvalue weighted by Gasteiger charge is -2.57. The number of hydrogen-bond acceptors (Lipinski definition) is 6. The molecule has 7 heteroatoms. The Balaban J connectivity index is 1.60. The molecule has 1 amide bonds. The van der Waals surface area contributed by atoms with Gasteiger partial charge in [0.25, 0.3) is 5.91 Å². The molecule has 1 aliphatic carbocycles. The maximum atomic E-state index is 13.4. The summed E-state index contributed by atoms with van der Waals surface area (Å²) in [5, 5.41) is 0.801. The van der Waals surface area contributed by atoms with Gasteiger partial charge in [0.05, 0.1) is 26.0 Å². The van der Waals surface area contributed by atoms with Crippen LogP contribution >= 0.6 is 11.3 Å². The second kappa shape index (κ2) is 7.29. The van der Waals surface area contributed by atoms with Crippen molar-refractivity contribution >= 4 is 17.2 Å². The molecule has 2 aliphatic rings. The minimum Gasteiger partial charge on any atom is -0.493 e. The Morgan fingerprint density at radius 3 is 2.69 bits per heavy atom. The highest BCUT2D eigenvalue weighted by atomic mass is 32.1. The molecular weight excluding hydrogens is 388 g/mol. The highest BCUT2D eigenvalue weighted by Gasteiger charge is 2.61. The third-order valence-electron chi connectivity index (χ3n) is 6.40. The standard InChI is InChI=1S/C22H28N2O4S/c1-12-17(21(25)24(4)18-14-9-10-28-19(14)22(18,2)3)29-20(23-12)13-7-8-15(26-5)16(11-13)27-6/h7-8,11,14,18-19H,9-10H2,1-6H3/t14-,18+,19+/m0/s1. The second-order valence-electron chi connectivity index (χ2n) is 8.43. The number of aromatic nitrogens is 1. The number of rotatable bonds is 5. The first kappa shape index (κ1) is 20.2.